The van der Waals surface area contributed by atoms with E-state index in [1.54, 1.807) is 6.92 Å². The number of benzene rings is 1. The van der Waals surface area contributed by atoms with E-state index >= 15 is 0 Å². The van der Waals surface area contributed by atoms with Gasteiger partial charge in [0, 0.05) is 17.7 Å². The average molecular weight is 273 g/mol. The largest absolute Gasteiger partial charge is 0.328 e. The SMILES string of the molecule is CNS(=O)(=O)c1ccc(CC(C)N)c([N+](=O)[O-])c1. The van der Waals surface area contributed by atoms with Gasteiger partial charge in [-0.2, -0.15) is 0 Å². The molecule has 0 radical (unpaired) electrons. The van der Waals surface area contributed by atoms with Gasteiger partial charge in [-0.15, -0.1) is 0 Å². The highest BCUT2D eigenvalue weighted by molar-refractivity contribution is 7.89. The first-order chi connectivity index (χ1) is 8.27. The van der Waals surface area contributed by atoms with E-state index in [1.807, 2.05) is 0 Å². The number of rotatable bonds is 5. The van der Waals surface area contributed by atoms with E-state index in [9.17, 15) is 18.5 Å². The van der Waals surface area contributed by atoms with Crippen molar-refractivity contribution < 1.29 is 13.3 Å². The highest BCUT2D eigenvalue weighted by Crippen LogP contribution is 2.23. The van der Waals surface area contributed by atoms with Gasteiger partial charge >= 0.3 is 0 Å². The molecule has 1 aromatic carbocycles. The molecule has 0 saturated heterocycles. The van der Waals surface area contributed by atoms with Crippen LogP contribution in [0, 0.1) is 10.1 Å². The molecule has 0 spiro atoms. The quantitative estimate of drug-likeness (QED) is 0.595. The Bertz CT molecular complexity index is 554. The summed E-state index contributed by atoms with van der Waals surface area (Å²) in [4.78, 5) is 10.2. The Morgan fingerprint density at radius 1 is 1.50 bits per heavy atom. The fourth-order valence-electron chi connectivity index (χ4n) is 1.52. The lowest BCUT2D eigenvalue weighted by Gasteiger charge is -2.08. The Labute approximate surface area is 105 Å². The van der Waals surface area contributed by atoms with E-state index in [-0.39, 0.29) is 16.6 Å². The Kier molecular flexibility index (Phi) is 4.38. The second-order valence-corrected chi connectivity index (χ2v) is 5.82. The maximum absolute atomic E-state index is 11.6. The normalized spacial score (nSPS) is 13.3. The Morgan fingerprint density at radius 3 is 2.56 bits per heavy atom. The molecule has 0 aliphatic rings. The minimum atomic E-state index is -3.69. The molecule has 3 N–H and O–H groups in total. The molecule has 0 aliphatic heterocycles. The summed E-state index contributed by atoms with van der Waals surface area (Å²) in [5.41, 5.74) is 5.78. The van der Waals surface area contributed by atoms with Crippen LogP contribution in [0.1, 0.15) is 12.5 Å². The van der Waals surface area contributed by atoms with Crippen LogP contribution in [0.2, 0.25) is 0 Å². The number of nitro groups is 1. The van der Waals surface area contributed by atoms with Gasteiger partial charge in [0.2, 0.25) is 10.0 Å². The van der Waals surface area contributed by atoms with Crippen LogP contribution in [-0.2, 0) is 16.4 Å². The lowest BCUT2D eigenvalue weighted by Crippen LogP contribution is -2.20. The third-order valence-corrected chi connectivity index (χ3v) is 3.79. The summed E-state index contributed by atoms with van der Waals surface area (Å²) < 4.78 is 25.2. The smallest absolute Gasteiger partial charge is 0.273 e. The summed E-state index contributed by atoms with van der Waals surface area (Å²) in [7, 11) is -2.44. The maximum atomic E-state index is 11.6. The summed E-state index contributed by atoms with van der Waals surface area (Å²) in [6.07, 6.45) is 0.316. The maximum Gasteiger partial charge on any atom is 0.273 e. The van der Waals surface area contributed by atoms with Crippen LogP contribution in [-0.4, -0.2) is 26.4 Å². The molecular weight excluding hydrogens is 258 g/mol. The van der Waals surface area contributed by atoms with E-state index in [1.165, 1.54) is 19.2 Å². The van der Waals surface area contributed by atoms with Gasteiger partial charge in [-0.1, -0.05) is 6.07 Å². The average Bonchev–Trinajstić information content (AvgIpc) is 2.28. The first-order valence-electron chi connectivity index (χ1n) is 5.24. The predicted molar refractivity (Wildman–Crippen MR) is 66.7 cm³/mol. The lowest BCUT2D eigenvalue weighted by molar-refractivity contribution is -0.385. The molecule has 0 aliphatic carbocycles. The zero-order valence-corrected chi connectivity index (χ0v) is 10.9. The topological polar surface area (TPSA) is 115 Å². The summed E-state index contributed by atoms with van der Waals surface area (Å²) >= 11 is 0. The van der Waals surface area contributed by atoms with Gasteiger partial charge in [-0.3, -0.25) is 10.1 Å². The molecule has 0 heterocycles. The van der Waals surface area contributed by atoms with Crippen LogP contribution < -0.4 is 10.5 Å². The van der Waals surface area contributed by atoms with E-state index in [4.69, 9.17) is 5.73 Å². The molecule has 1 aromatic rings. The van der Waals surface area contributed by atoms with Crippen molar-refractivity contribution in [1.29, 1.82) is 0 Å². The summed E-state index contributed by atoms with van der Waals surface area (Å²) in [5.74, 6) is 0. The molecular formula is C10H15N3O4S. The molecule has 7 nitrogen and oxygen atoms in total. The predicted octanol–water partition coefficient (Wildman–Crippen LogP) is 0.393. The second-order valence-electron chi connectivity index (χ2n) is 3.94. The van der Waals surface area contributed by atoms with E-state index in [0.717, 1.165) is 6.07 Å². The molecule has 0 saturated carbocycles. The first kappa shape index (κ1) is 14.6. The Morgan fingerprint density at radius 2 is 2.11 bits per heavy atom. The number of nitrogens with zero attached hydrogens (tertiary/aromatic N) is 1. The third kappa shape index (κ3) is 3.25. The van der Waals surface area contributed by atoms with Crippen LogP contribution in [0.25, 0.3) is 0 Å². The van der Waals surface area contributed by atoms with Crippen molar-refractivity contribution in [3.8, 4) is 0 Å². The molecule has 1 atom stereocenters. The van der Waals surface area contributed by atoms with E-state index in [0.29, 0.717) is 12.0 Å². The van der Waals surface area contributed by atoms with Crippen LogP contribution in [0.4, 0.5) is 5.69 Å². The van der Waals surface area contributed by atoms with Crippen LogP contribution in [0.5, 0.6) is 0 Å². The fourth-order valence-corrected chi connectivity index (χ4v) is 2.27. The molecule has 8 heteroatoms. The lowest BCUT2D eigenvalue weighted by atomic mass is 10.1. The number of sulfonamides is 1. The first-order valence-corrected chi connectivity index (χ1v) is 6.72. The second kappa shape index (κ2) is 5.42. The van der Waals surface area contributed by atoms with E-state index in [2.05, 4.69) is 4.72 Å². The van der Waals surface area contributed by atoms with Crippen LogP contribution >= 0.6 is 0 Å². The number of hydrogen-bond acceptors (Lipinski definition) is 5. The van der Waals surface area contributed by atoms with Gasteiger partial charge in [0.1, 0.15) is 0 Å². The van der Waals surface area contributed by atoms with Gasteiger partial charge in [-0.25, -0.2) is 13.1 Å². The van der Waals surface area contributed by atoms with Gasteiger partial charge in [0.25, 0.3) is 5.69 Å². The fraction of sp³-hybridized carbons (Fsp3) is 0.400. The van der Waals surface area contributed by atoms with Gasteiger partial charge < -0.3 is 5.73 Å². The van der Waals surface area contributed by atoms with Gasteiger partial charge in [-0.05, 0) is 26.5 Å². The molecule has 1 rings (SSSR count). The molecule has 1 unspecified atom stereocenters. The Hall–Kier alpha value is -1.51. The van der Waals surface area contributed by atoms with Crippen LogP contribution in [0.15, 0.2) is 23.1 Å². The van der Waals surface area contributed by atoms with Crippen molar-refractivity contribution in [1.82, 2.24) is 4.72 Å². The summed E-state index contributed by atoms with van der Waals surface area (Å²) in [6, 6.07) is 3.56. The zero-order valence-electron chi connectivity index (χ0n) is 10.1. The standard InChI is InChI=1S/C10H15N3O4S/c1-7(11)5-8-3-4-9(18(16,17)12-2)6-10(8)13(14)15/h3-4,6-7,12H,5,11H2,1-2H3. The van der Waals surface area contributed by atoms with Crippen molar-refractivity contribution in [2.75, 3.05) is 7.05 Å². The molecule has 18 heavy (non-hydrogen) atoms. The summed E-state index contributed by atoms with van der Waals surface area (Å²) in [5, 5.41) is 10.9. The minimum absolute atomic E-state index is 0.134. The van der Waals surface area contributed by atoms with Crippen LogP contribution in [0.3, 0.4) is 0 Å². The third-order valence-electron chi connectivity index (χ3n) is 2.37. The van der Waals surface area contributed by atoms with Crippen molar-refractivity contribution in [3.05, 3.63) is 33.9 Å². The monoisotopic (exact) mass is 273 g/mol. The highest BCUT2D eigenvalue weighted by atomic mass is 32.2. The molecule has 0 fully saturated rings. The molecule has 0 aromatic heterocycles. The van der Waals surface area contributed by atoms with E-state index < -0.39 is 14.9 Å². The van der Waals surface area contributed by atoms with Gasteiger partial charge in [0.05, 0.1) is 9.82 Å². The minimum Gasteiger partial charge on any atom is -0.328 e. The van der Waals surface area contributed by atoms with Crippen molar-refractivity contribution in [2.24, 2.45) is 5.73 Å². The highest BCUT2D eigenvalue weighted by Gasteiger charge is 2.20. The number of nitrogens with two attached hydrogens (primary N) is 1. The zero-order chi connectivity index (χ0) is 13.9. The number of hydrogen-bond donors (Lipinski definition) is 2. The van der Waals surface area contributed by atoms with Crippen molar-refractivity contribution in [2.45, 2.75) is 24.3 Å². The molecule has 0 amide bonds. The van der Waals surface area contributed by atoms with Crippen molar-refractivity contribution >= 4 is 15.7 Å². The summed E-state index contributed by atoms with van der Waals surface area (Å²) in [6.45, 7) is 1.72. The van der Waals surface area contributed by atoms with Gasteiger partial charge in [0.15, 0.2) is 0 Å². The Balaban J connectivity index is 3.32. The molecule has 0 bridgehead atoms. The van der Waals surface area contributed by atoms with Crippen molar-refractivity contribution in [3.63, 3.8) is 0 Å². The number of nitrogens with one attached hydrogen (secondary N) is 1. The molecule has 100 valence electrons. The number of nitro benzene ring substituents is 1.